The summed E-state index contributed by atoms with van der Waals surface area (Å²) in [7, 11) is 0.649. The molecule has 3 rings (SSSR count). The highest BCUT2D eigenvalue weighted by molar-refractivity contribution is 6.62. The molecule has 2 aromatic rings. The van der Waals surface area contributed by atoms with Gasteiger partial charge in [0.25, 0.3) is 0 Å². The molecular weight excluding hydrogens is 365 g/mol. The molecule has 8 heteroatoms. The van der Waals surface area contributed by atoms with E-state index in [9.17, 15) is 4.39 Å². The molecule has 0 aliphatic carbocycles. The molecular formula is C20H27BF2N2O3. The molecule has 0 saturated carbocycles. The molecule has 1 aromatic carbocycles. The second-order valence-corrected chi connectivity index (χ2v) is 8.18. The number of benzene rings is 1. The Hall–Kier alpha value is -1.77. The van der Waals surface area contributed by atoms with E-state index in [1.54, 1.807) is 24.8 Å². The maximum absolute atomic E-state index is 15.1. The van der Waals surface area contributed by atoms with Gasteiger partial charge in [-0.1, -0.05) is 12.1 Å². The summed E-state index contributed by atoms with van der Waals surface area (Å²) in [5, 5.41) is 4.43. The normalized spacial score (nSPS) is 18.1. The van der Waals surface area contributed by atoms with Gasteiger partial charge in [0.1, 0.15) is 0 Å². The molecule has 0 radical (unpaired) electrons. The van der Waals surface area contributed by atoms with Crippen LogP contribution in [0.4, 0.5) is 8.78 Å². The average molecular weight is 392 g/mol. The van der Waals surface area contributed by atoms with Crippen LogP contribution in [0.15, 0.2) is 12.1 Å². The maximum Gasteiger partial charge on any atom is 0.497 e. The van der Waals surface area contributed by atoms with Crippen molar-refractivity contribution in [1.29, 1.82) is 0 Å². The van der Waals surface area contributed by atoms with Crippen molar-refractivity contribution in [2.24, 2.45) is 0 Å². The van der Waals surface area contributed by atoms with E-state index >= 15 is 4.39 Å². The van der Waals surface area contributed by atoms with E-state index in [0.717, 1.165) is 5.69 Å². The van der Waals surface area contributed by atoms with Crippen LogP contribution in [0, 0.1) is 25.5 Å². The van der Waals surface area contributed by atoms with Crippen molar-refractivity contribution in [3.8, 4) is 11.1 Å². The fourth-order valence-electron chi connectivity index (χ4n) is 3.39. The molecule has 28 heavy (non-hydrogen) atoms. The number of rotatable bonds is 5. The van der Waals surface area contributed by atoms with E-state index in [-0.39, 0.29) is 11.0 Å². The highest BCUT2D eigenvalue weighted by Crippen LogP contribution is 2.37. The number of aryl methyl sites for hydroxylation is 1. The van der Waals surface area contributed by atoms with Crippen LogP contribution in [0.2, 0.25) is 0 Å². The second-order valence-electron chi connectivity index (χ2n) is 8.18. The van der Waals surface area contributed by atoms with Crippen LogP contribution in [0.25, 0.3) is 11.1 Å². The predicted molar refractivity (Wildman–Crippen MR) is 105 cm³/mol. The molecule has 0 bridgehead atoms. The standard InChI is InChI=1S/C20H27BF2N2O3/c1-12-16(13(2)25(24-12)10-11-26-7)14-8-9-15(18(23)17(14)22)21-27-19(3,4)20(5,6)28-21/h8-9H,10-11H2,1-7H3. The van der Waals surface area contributed by atoms with Crippen molar-refractivity contribution in [3.05, 3.63) is 35.2 Å². The second kappa shape index (κ2) is 7.24. The molecule has 0 atom stereocenters. The zero-order chi connectivity index (χ0) is 20.9. The van der Waals surface area contributed by atoms with E-state index in [1.807, 2.05) is 34.6 Å². The van der Waals surface area contributed by atoms with Gasteiger partial charge >= 0.3 is 7.12 Å². The molecule has 1 saturated heterocycles. The first kappa shape index (κ1) is 21.0. The summed E-state index contributed by atoms with van der Waals surface area (Å²) in [6.07, 6.45) is 0. The van der Waals surface area contributed by atoms with Crippen LogP contribution in [0.5, 0.6) is 0 Å². The molecule has 1 aromatic heterocycles. The Labute approximate surface area is 165 Å². The summed E-state index contributed by atoms with van der Waals surface area (Å²) >= 11 is 0. The Kier molecular flexibility index (Phi) is 5.42. The van der Waals surface area contributed by atoms with Crippen molar-refractivity contribution in [3.63, 3.8) is 0 Å². The van der Waals surface area contributed by atoms with Crippen molar-refractivity contribution in [1.82, 2.24) is 9.78 Å². The minimum Gasteiger partial charge on any atom is -0.399 e. The highest BCUT2D eigenvalue weighted by Gasteiger charge is 2.52. The van der Waals surface area contributed by atoms with Crippen LogP contribution >= 0.6 is 0 Å². The first-order chi connectivity index (χ1) is 13.0. The van der Waals surface area contributed by atoms with Crippen LogP contribution in [0.1, 0.15) is 39.1 Å². The molecule has 2 heterocycles. The lowest BCUT2D eigenvalue weighted by Crippen LogP contribution is -2.41. The average Bonchev–Trinajstić information content (AvgIpc) is 3.00. The monoisotopic (exact) mass is 392 g/mol. The van der Waals surface area contributed by atoms with Gasteiger partial charge in [0, 0.05) is 29.4 Å². The topological polar surface area (TPSA) is 45.5 Å². The lowest BCUT2D eigenvalue weighted by atomic mass is 9.77. The molecule has 0 amide bonds. The maximum atomic E-state index is 15.1. The predicted octanol–water partition coefficient (Wildman–Crippen LogP) is 3.39. The zero-order valence-corrected chi connectivity index (χ0v) is 17.5. The van der Waals surface area contributed by atoms with Gasteiger partial charge in [-0.05, 0) is 41.5 Å². The van der Waals surface area contributed by atoms with Crippen molar-refractivity contribution in [2.45, 2.75) is 59.3 Å². The van der Waals surface area contributed by atoms with Crippen LogP contribution in [-0.2, 0) is 20.6 Å². The summed E-state index contributed by atoms with van der Waals surface area (Å²) in [4.78, 5) is 0. The Bertz CT molecular complexity index is 880. The Morgan fingerprint density at radius 1 is 1.07 bits per heavy atom. The third-order valence-electron chi connectivity index (χ3n) is 5.78. The number of hydrogen-bond acceptors (Lipinski definition) is 4. The lowest BCUT2D eigenvalue weighted by molar-refractivity contribution is 0.00578. The minimum absolute atomic E-state index is 0.0574. The molecule has 0 spiro atoms. The van der Waals surface area contributed by atoms with E-state index in [4.69, 9.17) is 14.0 Å². The smallest absolute Gasteiger partial charge is 0.399 e. The van der Waals surface area contributed by atoms with Gasteiger partial charge in [-0.3, -0.25) is 4.68 Å². The third-order valence-corrected chi connectivity index (χ3v) is 5.78. The highest BCUT2D eigenvalue weighted by atomic mass is 19.2. The van der Waals surface area contributed by atoms with Gasteiger partial charge in [0.2, 0.25) is 0 Å². The molecule has 0 unspecified atom stereocenters. The number of nitrogens with zero attached hydrogens (tertiary/aromatic N) is 2. The fraction of sp³-hybridized carbons (Fsp3) is 0.550. The van der Waals surface area contributed by atoms with Gasteiger partial charge in [0.05, 0.1) is 30.0 Å². The Morgan fingerprint density at radius 3 is 2.25 bits per heavy atom. The minimum atomic E-state index is -0.959. The van der Waals surface area contributed by atoms with E-state index in [2.05, 4.69) is 5.10 Å². The number of hydrogen-bond donors (Lipinski definition) is 0. The molecule has 5 nitrogen and oxygen atoms in total. The SMILES string of the molecule is COCCn1nc(C)c(-c2ccc(B3OC(C)(C)C(C)(C)O3)c(F)c2F)c1C. The van der Waals surface area contributed by atoms with Crippen molar-refractivity contribution in [2.75, 3.05) is 13.7 Å². The summed E-state index contributed by atoms with van der Waals surface area (Å²) in [6.45, 7) is 12.1. The molecule has 1 fully saturated rings. The quantitative estimate of drug-likeness (QED) is 0.732. The lowest BCUT2D eigenvalue weighted by Gasteiger charge is -2.32. The number of halogens is 2. The van der Waals surface area contributed by atoms with Gasteiger partial charge in [-0.15, -0.1) is 0 Å². The van der Waals surface area contributed by atoms with Crippen molar-refractivity contribution >= 4 is 12.6 Å². The fourth-order valence-corrected chi connectivity index (χ4v) is 3.39. The Morgan fingerprint density at radius 2 is 1.68 bits per heavy atom. The number of aromatic nitrogens is 2. The Balaban J connectivity index is 2.00. The van der Waals surface area contributed by atoms with E-state index < -0.39 is 30.0 Å². The number of methoxy groups -OCH3 is 1. The zero-order valence-electron chi connectivity index (χ0n) is 17.5. The van der Waals surface area contributed by atoms with Gasteiger partial charge in [0.15, 0.2) is 11.6 Å². The first-order valence-corrected chi connectivity index (χ1v) is 9.37. The molecule has 152 valence electrons. The van der Waals surface area contributed by atoms with Crippen molar-refractivity contribution < 1.29 is 22.8 Å². The third kappa shape index (κ3) is 3.38. The van der Waals surface area contributed by atoms with Crippen LogP contribution in [0.3, 0.4) is 0 Å². The number of ether oxygens (including phenoxy) is 1. The van der Waals surface area contributed by atoms with Gasteiger partial charge in [-0.25, -0.2) is 8.78 Å². The summed E-state index contributed by atoms with van der Waals surface area (Å²) in [5.74, 6) is -1.89. The van der Waals surface area contributed by atoms with Gasteiger partial charge < -0.3 is 14.0 Å². The summed E-state index contributed by atoms with van der Waals surface area (Å²) in [6, 6.07) is 3.09. The molecule has 1 aliphatic heterocycles. The van der Waals surface area contributed by atoms with E-state index in [0.29, 0.717) is 24.4 Å². The van der Waals surface area contributed by atoms with Crippen LogP contribution < -0.4 is 5.46 Å². The molecule has 0 N–H and O–H groups in total. The summed E-state index contributed by atoms with van der Waals surface area (Å²) in [5.41, 5.74) is 0.960. The van der Waals surface area contributed by atoms with Gasteiger partial charge in [-0.2, -0.15) is 5.10 Å². The first-order valence-electron chi connectivity index (χ1n) is 9.37. The molecule has 1 aliphatic rings. The summed E-state index contributed by atoms with van der Waals surface area (Å²) < 4.78 is 48.6. The largest absolute Gasteiger partial charge is 0.497 e. The van der Waals surface area contributed by atoms with Crippen LogP contribution in [-0.4, -0.2) is 41.8 Å². The van der Waals surface area contributed by atoms with E-state index in [1.165, 1.54) is 6.07 Å².